The number of aliphatic hydroxyl groups is 2. The van der Waals surface area contributed by atoms with Crippen molar-refractivity contribution in [3.05, 3.63) is 87.6 Å². The molecule has 37 heavy (non-hydrogen) atoms. The third-order valence-electron chi connectivity index (χ3n) is 7.49. The van der Waals surface area contributed by atoms with E-state index in [9.17, 15) is 19.4 Å². The molecule has 3 aromatic carbocycles. The average molecular weight is 572 g/mol. The van der Waals surface area contributed by atoms with E-state index in [1.54, 1.807) is 56.6 Å². The van der Waals surface area contributed by atoms with Crippen molar-refractivity contribution in [2.45, 2.75) is 23.2 Å². The molecule has 2 N–H and O–H groups in total. The maximum atomic E-state index is 14.6. The van der Waals surface area contributed by atoms with Gasteiger partial charge in [-0.3, -0.25) is 4.79 Å². The molecule has 1 aliphatic carbocycles. The van der Waals surface area contributed by atoms with E-state index in [0.29, 0.717) is 16.9 Å². The number of amides is 1. The van der Waals surface area contributed by atoms with E-state index in [2.05, 4.69) is 15.9 Å². The lowest BCUT2D eigenvalue weighted by Gasteiger charge is -2.41. The summed E-state index contributed by atoms with van der Waals surface area (Å²) in [4.78, 5) is 15.0. The van der Waals surface area contributed by atoms with Crippen molar-refractivity contribution in [1.82, 2.24) is 4.90 Å². The molecule has 1 aliphatic heterocycles. The lowest BCUT2D eigenvalue weighted by molar-refractivity contribution is -0.156. The van der Waals surface area contributed by atoms with Gasteiger partial charge in [-0.2, -0.15) is 0 Å². The third kappa shape index (κ3) is 3.48. The standard InChI is InChI=1S/C28H27BrFNO6/c1-31(2)26(33)22-23(15-6-5-7-18(30)12-15)28(16-8-10-17(29)11-9-16)27(34,25(22)32)24-20(36-4)13-19(35-3)14-21(24)37-28/h5-14,22-23,25,32,34H,1-4H3/t22-,23-,25-,27+,28+/m1/s1. The van der Waals surface area contributed by atoms with Crippen LogP contribution in [0.25, 0.3) is 0 Å². The summed E-state index contributed by atoms with van der Waals surface area (Å²) < 4.78 is 33.1. The molecule has 1 heterocycles. The van der Waals surface area contributed by atoms with Gasteiger partial charge in [0.1, 0.15) is 29.2 Å². The Kier molecular flexibility index (Phi) is 6.21. The summed E-state index contributed by atoms with van der Waals surface area (Å²) in [6.07, 6.45) is -1.64. The molecular weight excluding hydrogens is 545 g/mol. The minimum Gasteiger partial charge on any atom is -0.496 e. The number of benzene rings is 3. The van der Waals surface area contributed by atoms with Crippen molar-refractivity contribution in [3.63, 3.8) is 0 Å². The molecule has 0 radical (unpaired) electrons. The smallest absolute Gasteiger partial charge is 0.228 e. The fourth-order valence-electron chi connectivity index (χ4n) is 5.97. The number of aliphatic hydroxyl groups excluding tert-OH is 1. The zero-order chi connectivity index (χ0) is 26.7. The summed E-state index contributed by atoms with van der Waals surface area (Å²) in [5.74, 6) is -2.22. The molecule has 0 spiro atoms. The minimum atomic E-state index is -2.15. The molecule has 1 fully saturated rings. The zero-order valence-electron chi connectivity index (χ0n) is 20.7. The first kappa shape index (κ1) is 25.5. The molecule has 5 rings (SSSR count). The highest BCUT2D eigenvalue weighted by molar-refractivity contribution is 9.10. The summed E-state index contributed by atoms with van der Waals surface area (Å²) in [6.45, 7) is 0. The number of rotatable bonds is 5. The van der Waals surface area contributed by atoms with E-state index in [1.807, 2.05) is 0 Å². The molecule has 0 bridgehead atoms. The Morgan fingerprint density at radius 2 is 1.78 bits per heavy atom. The van der Waals surface area contributed by atoms with Gasteiger partial charge in [-0.15, -0.1) is 0 Å². The van der Waals surface area contributed by atoms with Gasteiger partial charge in [0.15, 0.2) is 11.2 Å². The second kappa shape index (κ2) is 9.01. The molecule has 9 heteroatoms. The Labute approximate surface area is 222 Å². The van der Waals surface area contributed by atoms with Gasteiger partial charge in [0.2, 0.25) is 5.91 Å². The van der Waals surface area contributed by atoms with Gasteiger partial charge >= 0.3 is 0 Å². The molecular formula is C28H27BrFNO6. The van der Waals surface area contributed by atoms with Crippen LogP contribution >= 0.6 is 15.9 Å². The van der Waals surface area contributed by atoms with Crippen LogP contribution in [0.15, 0.2) is 65.1 Å². The average Bonchev–Trinajstić information content (AvgIpc) is 3.26. The highest BCUT2D eigenvalue weighted by Crippen LogP contribution is 2.70. The SMILES string of the molecule is COc1cc(OC)c2c(c1)O[C@@]1(c3ccc(Br)cc3)[C@H](c3cccc(F)c3)[C@@H](C(=O)N(C)C)[C@@H](O)[C@@]21O. The highest BCUT2D eigenvalue weighted by Gasteiger charge is 2.78. The molecule has 0 unspecified atom stereocenters. The van der Waals surface area contributed by atoms with Crippen molar-refractivity contribution in [2.24, 2.45) is 5.92 Å². The zero-order valence-corrected chi connectivity index (χ0v) is 22.3. The maximum Gasteiger partial charge on any atom is 0.228 e. The summed E-state index contributed by atoms with van der Waals surface area (Å²) in [7, 11) is 6.07. The Morgan fingerprint density at radius 1 is 1.08 bits per heavy atom. The Balaban J connectivity index is 1.90. The molecule has 0 aromatic heterocycles. The quantitative estimate of drug-likeness (QED) is 0.482. The van der Waals surface area contributed by atoms with Gasteiger partial charge in [0.25, 0.3) is 0 Å². The van der Waals surface area contributed by atoms with E-state index in [0.717, 1.165) is 4.47 Å². The third-order valence-corrected chi connectivity index (χ3v) is 8.01. The number of halogens is 2. The Bertz CT molecular complexity index is 1370. The number of hydrogen-bond donors (Lipinski definition) is 2. The monoisotopic (exact) mass is 571 g/mol. The van der Waals surface area contributed by atoms with E-state index in [-0.39, 0.29) is 17.1 Å². The molecule has 7 nitrogen and oxygen atoms in total. The molecule has 0 saturated heterocycles. The lowest BCUT2D eigenvalue weighted by Crippen LogP contribution is -2.52. The molecule has 2 aliphatic rings. The predicted molar refractivity (Wildman–Crippen MR) is 137 cm³/mol. The van der Waals surface area contributed by atoms with Crippen molar-refractivity contribution in [1.29, 1.82) is 0 Å². The van der Waals surface area contributed by atoms with Crippen molar-refractivity contribution < 1.29 is 33.6 Å². The lowest BCUT2D eigenvalue weighted by atomic mass is 9.70. The van der Waals surface area contributed by atoms with Gasteiger partial charge in [-0.25, -0.2) is 4.39 Å². The first-order valence-corrected chi connectivity index (χ1v) is 12.5. The number of carbonyl (C=O) groups is 1. The first-order chi connectivity index (χ1) is 17.6. The van der Waals surface area contributed by atoms with Crippen LogP contribution in [0.4, 0.5) is 4.39 Å². The normalized spacial score (nSPS) is 27.7. The number of methoxy groups -OCH3 is 2. The van der Waals surface area contributed by atoms with Gasteiger partial charge in [0.05, 0.1) is 25.7 Å². The number of fused-ring (bicyclic) bond motifs is 3. The van der Waals surface area contributed by atoms with Gasteiger partial charge < -0.3 is 29.3 Å². The molecule has 194 valence electrons. The van der Waals surface area contributed by atoms with Crippen LogP contribution in [-0.2, 0) is 16.0 Å². The molecule has 1 saturated carbocycles. The molecule has 5 atom stereocenters. The predicted octanol–water partition coefficient (Wildman–Crippen LogP) is 3.94. The Morgan fingerprint density at radius 3 is 2.38 bits per heavy atom. The highest BCUT2D eigenvalue weighted by atomic mass is 79.9. The van der Waals surface area contributed by atoms with Crippen molar-refractivity contribution >= 4 is 21.8 Å². The van der Waals surface area contributed by atoms with Crippen LogP contribution < -0.4 is 14.2 Å². The van der Waals surface area contributed by atoms with Crippen LogP contribution in [0.3, 0.4) is 0 Å². The van der Waals surface area contributed by atoms with E-state index in [1.165, 1.54) is 37.3 Å². The Hall–Kier alpha value is -3.14. The second-order valence-electron chi connectivity index (χ2n) is 9.55. The fraction of sp³-hybridized carbons (Fsp3) is 0.321. The van der Waals surface area contributed by atoms with Crippen LogP contribution in [0.1, 0.15) is 22.6 Å². The van der Waals surface area contributed by atoms with Gasteiger partial charge in [0, 0.05) is 36.6 Å². The van der Waals surface area contributed by atoms with Crippen LogP contribution in [0.5, 0.6) is 17.2 Å². The second-order valence-corrected chi connectivity index (χ2v) is 10.5. The number of carbonyl (C=O) groups excluding carboxylic acids is 1. The number of nitrogens with zero attached hydrogens (tertiary/aromatic N) is 1. The van der Waals surface area contributed by atoms with Gasteiger partial charge in [-0.05, 0) is 35.4 Å². The summed E-state index contributed by atoms with van der Waals surface area (Å²) in [5, 5.41) is 24.7. The minimum absolute atomic E-state index is 0.196. The largest absolute Gasteiger partial charge is 0.496 e. The van der Waals surface area contributed by atoms with Crippen molar-refractivity contribution in [2.75, 3.05) is 28.3 Å². The molecule has 1 amide bonds. The number of hydrogen-bond acceptors (Lipinski definition) is 6. The summed E-state index contributed by atoms with van der Waals surface area (Å²) in [6, 6.07) is 16.1. The first-order valence-electron chi connectivity index (χ1n) is 11.7. The molecule has 3 aromatic rings. The van der Waals surface area contributed by atoms with E-state index >= 15 is 0 Å². The summed E-state index contributed by atoms with van der Waals surface area (Å²) >= 11 is 3.44. The van der Waals surface area contributed by atoms with Crippen LogP contribution in [0, 0.1) is 11.7 Å². The van der Waals surface area contributed by atoms with Gasteiger partial charge in [-0.1, -0.05) is 40.2 Å². The maximum absolute atomic E-state index is 14.6. The van der Waals surface area contributed by atoms with E-state index < -0.39 is 40.9 Å². The van der Waals surface area contributed by atoms with Crippen LogP contribution in [0.2, 0.25) is 0 Å². The fourth-order valence-corrected chi connectivity index (χ4v) is 6.24. The van der Waals surface area contributed by atoms with Crippen molar-refractivity contribution in [3.8, 4) is 17.2 Å². The summed E-state index contributed by atoms with van der Waals surface area (Å²) in [5.41, 5.74) is -2.78. The van der Waals surface area contributed by atoms with E-state index in [4.69, 9.17) is 14.2 Å². The number of ether oxygens (including phenoxy) is 3. The topological polar surface area (TPSA) is 88.5 Å². The van der Waals surface area contributed by atoms with Crippen LogP contribution in [-0.4, -0.2) is 55.4 Å².